The number of nitrogens with zero attached hydrogens (tertiary/aromatic N) is 3. The van der Waals surface area contributed by atoms with Crippen LogP contribution in [0.3, 0.4) is 0 Å². The minimum absolute atomic E-state index is 0.680. The van der Waals surface area contributed by atoms with Crippen LogP contribution in [0.25, 0.3) is 0 Å². The van der Waals surface area contributed by atoms with Crippen LogP contribution in [0.5, 0.6) is 0 Å². The third-order valence-corrected chi connectivity index (χ3v) is 7.10. The highest BCUT2D eigenvalue weighted by Crippen LogP contribution is 2.52. The predicted octanol–water partition coefficient (Wildman–Crippen LogP) is 4.08. The first kappa shape index (κ1) is 16.3. The first-order valence-electron chi connectivity index (χ1n) is 10.1. The van der Waals surface area contributed by atoms with Gasteiger partial charge < -0.3 is 4.90 Å². The number of benzene rings is 1. The van der Waals surface area contributed by atoms with E-state index >= 15 is 0 Å². The number of hydrogen-bond donors (Lipinski definition) is 0. The van der Waals surface area contributed by atoms with Crippen LogP contribution in [0, 0.1) is 13.8 Å². The summed E-state index contributed by atoms with van der Waals surface area (Å²) in [5.41, 5.74) is 6.95. The molecule has 4 atom stereocenters. The Labute approximate surface area is 157 Å². The number of aromatic nitrogens is 1. The van der Waals surface area contributed by atoms with E-state index in [2.05, 4.69) is 72.2 Å². The summed E-state index contributed by atoms with van der Waals surface area (Å²) < 4.78 is 0. The molecule has 2 bridgehead atoms. The van der Waals surface area contributed by atoms with Crippen molar-refractivity contribution < 1.29 is 0 Å². The van der Waals surface area contributed by atoms with Crippen LogP contribution in [-0.2, 0) is 6.42 Å². The van der Waals surface area contributed by atoms with Crippen molar-refractivity contribution in [3.63, 3.8) is 0 Å². The molecule has 3 aliphatic rings. The van der Waals surface area contributed by atoms with Crippen molar-refractivity contribution in [3.05, 3.63) is 58.9 Å². The summed E-state index contributed by atoms with van der Waals surface area (Å²) in [4.78, 5) is 9.90. The molecule has 3 nitrogen and oxygen atoms in total. The van der Waals surface area contributed by atoms with E-state index in [0.29, 0.717) is 12.0 Å². The molecule has 2 saturated heterocycles. The van der Waals surface area contributed by atoms with Crippen molar-refractivity contribution >= 4 is 5.69 Å². The first-order chi connectivity index (χ1) is 12.6. The number of piperidine rings is 1. The number of rotatable bonds is 3. The number of hydrogen-bond acceptors (Lipinski definition) is 3. The molecule has 0 aliphatic carbocycles. The van der Waals surface area contributed by atoms with Gasteiger partial charge in [-0.15, -0.1) is 0 Å². The van der Waals surface area contributed by atoms with Gasteiger partial charge in [-0.3, -0.25) is 9.88 Å². The maximum atomic E-state index is 4.48. The van der Waals surface area contributed by atoms with E-state index < -0.39 is 0 Å². The minimum Gasteiger partial charge on any atom is -0.367 e. The molecule has 0 unspecified atom stereocenters. The standard InChI is InChI=1S/C23H29N3/c1-15-4-8-20-19(12-15)23-21-9-7-18(25(21)3)13-22(23)26(20)11-10-17-6-5-16(2)24-14-17/h4-6,8,12,14,18,21-23H,7,9-11,13H2,1-3H3/t18-,21+,22+,23-/m0/s1. The highest BCUT2D eigenvalue weighted by atomic mass is 15.3. The van der Waals surface area contributed by atoms with E-state index in [9.17, 15) is 0 Å². The summed E-state index contributed by atoms with van der Waals surface area (Å²) >= 11 is 0. The molecule has 0 saturated carbocycles. The average molecular weight is 348 g/mol. The van der Waals surface area contributed by atoms with Gasteiger partial charge in [0.2, 0.25) is 0 Å². The summed E-state index contributed by atoms with van der Waals surface area (Å²) in [7, 11) is 2.36. The number of aryl methyl sites for hydroxylation is 2. The first-order valence-corrected chi connectivity index (χ1v) is 10.1. The maximum absolute atomic E-state index is 4.48. The van der Waals surface area contributed by atoms with Crippen LogP contribution < -0.4 is 4.90 Å². The van der Waals surface area contributed by atoms with Crippen molar-refractivity contribution in [3.8, 4) is 0 Å². The molecular weight excluding hydrogens is 318 g/mol. The van der Waals surface area contributed by atoms with Gasteiger partial charge in [-0.25, -0.2) is 0 Å². The topological polar surface area (TPSA) is 19.4 Å². The predicted molar refractivity (Wildman–Crippen MR) is 107 cm³/mol. The van der Waals surface area contributed by atoms with Gasteiger partial charge in [0.15, 0.2) is 0 Å². The lowest BCUT2D eigenvalue weighted by Gasteiger charge is -2.43. The van der Waals surface area contributed by atoms with Gasteiger partial charge in [0.25, 0.3) is 0 Å². The zero-order valence-electron chi connectivity index (χ0n) is 16.2. The molecule has 2 aromatic rings. The lowest BCUT2D eigenvalue weighted by Crippen LogP contribution is -2.51. The van der Waals surface area contributed by atoms with Crippen LogP contribution in [0.4, 0.5) is 5.69 Å². The Morgan fingerprint density at radius 2 is 1.96 bits per heavy atom. The molecule has 1 aromatic heterocycles. The Kier molecular flexibility index (Phi) is 3.82. The Morgan fingerprint density at radius 1 is 1.08 bits per heavy atom. The van der Waals surface area contributed by atoms with Crippen molar-refractivity contribution in [1.82, 2.24) is 9.88 Å². The second-order valence-electron chi connectivity index (χ2n) is 8.61. The molecule has 136 valence electrons. The van der Waals surface area contributed by atoms with E-state index in [1.54, 1.807) is 5.56 Å². The summed E-state index contributed by atoms with van der Waals surface area (Å²) in [5, 5.41) is 0. The van der Waals surface area contributed by atoms with Gasteiger partial charge in [0, 0.05) is 48.2 Å². The van der Waals surface area contributed by atoms with Crippen LogP contribution in [0.15, 0.2) is 36.5 Å². The maximum Gasteiger partial charge on any atom is 0.0406 e. The average Bonchev–Trinajstić information content (AvgIpc) is 3.04. The van der Waals surface area contributed by atoms with Crippen LogP contribution in [-0.4, -0.2) is 41.6 Å². The van der Waals surface area contributed by atoms with E-state index in [-0.39, 0.29) is 0 Å². The van der Waals surface area contributed by atoms with Crippen molar-refractivity contribution in [2.75, 3.05) is 18.5 Å². The third kappa shape index (κ3) is 2.48. The molecule has 0 amide bonds. The summed E-state index contributed by atoms with van der Waals surface area (Å²) in [6, 6.07) is 13.7. The number of likely N-dealkylation sites (N-methyl/N-ethyl adjacent to an activating group) is 1. The SMILES string of the molecule is Cc1ccc2c(c1)[C@@H]1[C@@H](C[C@@H]3CC[C@H]1N3C)N2CCc1ccc(C)nc1. The highest BCUT2D eigenvalue weighted by Gasteiger charge is 2.51. The van der Waals surface area contributed by atoms with Crippen LogP contribution in [0.2, 0.25) is 0 Å². The van der Waals surface area contributed by atoms with Gasteiger partial charge in [0.1, 0.15) is 0 Å². The summed E-state index contributed by atoms with van der Waals surface area (Å²) in [6.07, 6.45) is 7.19. The lowest BCUT2D eigenvalue weighted by molar-refractivity contribution is 0.142. The number of pyridine rings is 1. The molecule has 0 spiro atoms. The zero-order chi connectivity index (χ0) is 17.8. The molecule has 3 heteroatoms. The largest absolute Gasteiger partial charge is 0.367 e. The summed E-state index contributed by atoms with van der Waals surface area (Å²) in [6.45, 7) is 5.40. The molecule has 4 heterocycles. The molecule has 5 rings (SSSR count). The Balaban J connectivity index is 1.46. The Hall–Kier alpha value is -1.87. The van der Waals surface area contributed by atoms with Gasteiger partial charge in [-0.05, 0) is 69.8 Å². The fourth-order valence-electron chi connectivity index (χ4n) is 5.74. The monoisotopic (exact) mass is 347 g/mol. The Morgan fingerprint density at radius 3 is 2.77 bits per heavy atom. The van der Waals surface area contributed by atoms with Gasteiger partial charge >= 0.3 is 0 Å². The molecule has 1 aromatic carbocycles. The van der Waals surface area contributed by atoms with Crippen molar-refractivity contribution in [2.24, 2.45) is 0 Å². The zero-order valence-corrected chi connectivity index (χ0v) is 16.2. The smallest absolute Gasteiger partial charge is 0.0406 e. The molecule has 0 radical (unpaired) electrons. The molecular formula is C23H29N3. The third-order valence-electron chi connectivity index (χ3n) is 7.10. The van der Waals surface area contributed by atoms with Crippen LogP contribution >= 0.6 is 0 Å². The second-order valence-corrected chi connectivity index (χ2v) is 8.61. The minimum atomic E-state index is 0.680. The van der Waals surface area contributed by atoms with Gasteiger partial charge in [-0.2, -0.15) is 0 Å². The molecule has 3 aliphatic heterocycles. The lowest BCUT2D eigenvalue weighted by atomic mass is 9.83. The molecule has 26 heavy (non-hydrogen) atoms. The molecule has 0 N–H and O–H groups in total. The van der Waals surface area contributed by atoms with Gasteiger partial charge in [0.05, 0.1) is 0 Å². The second kappa shape index (κ2) is 6.09. The number of anilines is 1. The summed E-state index contributed by atoms with van der Waals surface area (Å²) in [5.74, 6) is 0.685. The molecule has 2 fully saturated rings. The quantitative estimate of drug-likeness (QED) is 0.834. The van der Waals surface area contributed by atoms with Crippen LogP contribution in [0.1, 0.15) is 47.6 Å². The normalized spacial score (nSPS) is 29.7. The number of fused-ring (bicyclic) bond motifs is 6. The van der Waals surface area contributed by atoms with E-state index in [1.807, 2.05) is 0 Å². The van der Waals surface area contributed by atoms with Crippen molar-refractivity contribution in [1.29, 1.82) is 0 Å². The van der Waals surface area contributed by atoms with E-state index in [0.717, 1.165) is 30.7 Å². The van der Waals surface area contributed by atoms with E-state index in [1.165, 1.54) is 36.1 Å². The van der Waals surface area contributed by atoms with E-state index in [4.69, 9.17) is 0 Å². The van der Waals surface area contributed by atoms with Gasteiger partial charge in [-0.1, -0.05) is 23.8 Å². The Bertz CT molecular complexity index is 813. The highest BCUT2D eigenvalue weighted by molar-refractivity contribution is 5.64. The van der Waals surface area contributed by atoms with Crippen molar-refractivity contribution in [2.45, 2.75) is 63.6 Å². The fourth-order valence-corrected chi connectivity index (χ4v) is 5.74. The fraction of sp³-hybridized carbons (Fsp3) is 0.522.